The Bertz CT molecular complexity index is 145. The summed E-state index contributed by atoms with van der Waals surface area (Å²) in [7, 11) is 1.33. The van der Waals surface area contributed by atoms with Crippen LogP contribution in [0, 0.1) is 5.92 Å². The van der Waals surface area contributed by atoms with E-state index in [1.807, 2.05) is 6.92 Å². The van der Waals surface area contributed by atoms with Crippen LogP contribution < -0.4 is 5.73 Å². The van der Waals surface area contributed by atoms with E-state index in [1.54, 1.807) is 6.08 Å². The van der Waals surface area contributed by atoms with Crippen LogP contribution in [-0.4, -0.2) is 19.1 Å². The molecule has 3 nitrogen and oxygen atoms in total. The molecule has 0 aromatic rings. The van der Waals surface area contributed by atoms with Crippen LogP contribution in [0.1, 0.15) is 13.3 Å². The molecule has 0 aliphatic rings. The van der Waals surface area contributed by atoms with Crippen LogP contribution >= 0.6 is 0 Å². The minimum Gasteiger partial charge on any atom is -0.468 e. The van der Waals surface area contributed by atoms with Crippen LogP contribution in [0.3, 0.4) is 0 Å². The summed E-state index contributed by atoms with van der Waals surface area (Å²) >= 11 is 0. The lowest BCUT2D eigenvalue weighted by molar-refractivity contribution is -0.142. The predicted octanol–water partition coefficient (Wildman–Crippen LogP) is 0.699. The molecule has 0 aliphatic heterocycles. The standard InChI is InChI=1S/C8H15NO2/c1-4-6(2)5-7(9)8(10)11-3/h4,6-7H,1,5,9H2,2-3H3/t6?,7-/m0/s1. The highest BCUT2D eigenvalue weighted by Crippen LogP contribution is 2.05. The number of hydrogen-bond donors (Lipinski definition) is 1. The van der Waals surface area contributed by atoms with Gasteiger partial charge in [0.2, 0.25) is 0 Å². The quantitative estimate of drug-likeness (QED) is 0.482. The van der Waals surface area contributed by atoms with E-state index in [9.17, 15) is 4.79 Å². The largest absolute Gasteiger partial charge is 0.468 e. The first-order chi connectivity index (χ1) is 5.11. The van der Waals surface area contributed by atoms with Gasteiger partial charge in [0.1, 0.15) is 6.04 Å². The van der Waals surface area contributed by atoms with Crippen molar-refractivity contribution in [2.45, 2.75) is 19.4 Å². The van der Waals surface area contributed by atoms with Crippen molar-refractivity contribution in [3.8, 4) is 0 Å². The van der Waals surface area contributed by atoms with E-state index in [-0.39, 0.29) is 11.9 Å². The lowest BCUT2D eigenvalue weighted by atomic mass is 10.0. The first kappa shape index (κ1) is 10.2. The Morgan fingerprint density at radius 2 is 2.36 bits per heavy atom. The number of hydrogen-bond acceptors (Lipinski definition) is 3. The summed E-state index contributed by atoms with van der Waals surface area (Å²) < 4.78 is 4.46. The van der Waals surface area contributed by atoms with Gasteiger partial charge in [-0.3, -0.25) is 4.79 Å². The van der Waals surface area contributed by atoms with Crippen molar-refractivity contribution in [3.63, 3.8) is 0 Å². The molecule has 0 aliphatic carbocycles. The molecule has 0 aromatic heterocycles. The average Bonchev–Trinajstić information content (AvgIpc) is 2.02. The fourth-order valence-corrected chi connectivity index (χ4v) is 0.744. The van der Waals surface area contributed by atoms with E-state index in [0.717, 1.165) is 0 Å². The molecular weight excluding hydrogens is 142 g/mol. The predicted molar refractivity (Wildman–Crippen MR) is 44.0 cm³/mol. The normalized spacial score (nSPS) is 15.2. The average molecular weight is 157 g/mol. The van der Waals surface area contributed by atoms with Gasteiger partial charge in [0.25, 0.3) is 0 Å². The zero-order valence-corrected chi connectivity index (χ0v) is 7.04. The second kappa shape index (κ2) is 4.91. The molecule has 11 heavy (non-hydrogen) atoms. The zero-order valence-electron chi connectivity index (χ0n) is 7.04. The Morgan fingerprint density at radius 3 is 2.73 bits per heavy atom. The van der Waals surface area contributed by atoms with E-state index in [1.165, 1.54) is 7.11 Å². The van der Waals surface area contributed by atoms with Gasteiger partial charge in [-0.05, 0) is 12.3 Å². The lowest BCUT2D eigenvalue weighted by Gasteiger charge is -2.11. The highest BCUT2D eigenvalue weighted by molar-refractivity contribution is 5.75. The van der Waals surface area contributed by atoms with Crippen molar-refractivity contribution in [1.29, 1.82) is 0 Å². The molecule has 0 spiro atoms. The van der Waals surface area contributed by atoms with Crippen LogP contribution in [0.2, 0.25) is 0 Å². The number of carbonyl (C=O) groups is 1. The van der Waals surface area contributed by atoms with Gasteiger partial charge in [0.15, 0.2) is 0 Å². The third kappa shape index (κ3) is 3.78. The van der Waals surface area contributed by atoms with Crippen molar-refractivity contribution < 1.29 is 9.53 Å². The molecule has 2 atom stereocenters. The van der Waals surface area contributed by atoms with Crippen LogP contribution in [0.5, 0.6) is 0 Å². The van der Waals surface area contributed by atoms with Crippen LogP contribution in [0.15, 0.2) is 12.7 Å². The Labute approximate surface area is 67.2 Å². The monoisotopic (exact) mass is 157 g/mol. The van der Waals surface area contributed by atoms with E-state index in [4.69, 9.17) is 5.73 Å². The van der Waals surface area contributed by atoms with Crippen LogP contribution in [0.4, 0.5) is 0 Å². The number of allylic oxidation sites excluding steroid dienone is 1. The van der Waals surface area contributed by atoms with E-state index in [0.29, 0.717) is 6.42 Å². The Morgan fingerprint density at radius 1 is 1.82 bits per heavy atom. The summed E-state index contributed by atoms with van der Waals surface area (Å²) in [5.41, 5.74) is 5.48. The molecule has 0 fully saturated rings. The molecule has 0 saturated carbocycles. The maximum Gasteiger partial charge on any atom is 0.322 e. The van der Waals surface area contributed by atoms with Gasteiger partial charge in [0, 0.05) is 0 Å². The summed E-state index contributed by atoms with van der Waals surface area (Å²) in [4.78, 5) is 10.8. The Balaban J connectivity index is 3.76. The van der Waals surface area contributed by atoms with Crippen molar-refractivity contribution in [1.82, 2.24) is 0 Å². The molecule has 64 valence electrons. The minimum atomic E-state index is -0.520. The molecule has 0 radical (unpaired) electrons. The van der Waals surface area contributed by atoms with Gasteiger partial charge < -0.3 is 10.5 Å². The van der Waals surface area contributed by atoms with E-state index < -0.39 is 6.04 Å². The Kier molecular flexibility index (Phi) is 4.54. The van der Waals surface area contributed by atoms with E-state index in [2.05, 4.69) is 11.3 Å². The number of esters is 1. The zero-order chi connectivity index (χ0) is 8.85. The molecule has 0 heterocycles. The summed E-state index contributed by atoms with van der Waals surface area (Å²) in [6, 6.07) is -0.520. The second-order valence-electron chi connectivity index (χ2n) is 2.58. The summed E-state index contributed by atoms with van der Waals surface area (Å²) in [6.07, 6.45) is 2.36. The topological polar surface area (TPSA) is 52.3 Å². The highest BCUT2D eigenvalue weighted by atomic mass is 16.5. The Hall–Kier alpha value is -0.830. The fourth-order valence-electron chi connectivity index (χ4n) is 0.744. The maximum absolute atomic E-state index is 10.8. The van der Waals surface area contributed by atoms with Gasteiger partial charge in [-0.15, -0.1) is 6.58 Å². The highest BCUT2D eigenvalue weighted by Gasteiger charge is 2.14. The van der Waals surface area contributed by atoms with Crippen molar-refractivity contribution in [2.75, 3.05) is 7.11 Å². The SMILES string of the molecule is C=CC(C)C[C@H](N)C(=O)OC. The maximum atomic E-state index is 10.8. The number of carbonyl (C=O) groups excluding carboxylic acids is 1. The molecule has 0 rings (SSSR count). The molecule has 0 saturated heterocycles. The number of ether oxygens (including phenoxy) is 1. The summed E-state index contributed by atoms with van der Waals surface area (Å²) in [5.74, 6) is -0.109. The number of rotatable bonds is 4. The molecule has 0 amide bonds. The molecular formula is C8H15NO2. The van der Waals surface area contributed by atoms with Crippen molar-refractivity contribution in [2.24, 2.45) is 11.7 Å². The first-order valence-electron chi connectivity index (χ1n) is 3.57. The summed E-state index contributed by atoms with van der Waals surface area (Å²) in [6.45, 7) is 5.55. The minimum absolute atomic E-state index is 0.254. The number of nitrogens with two attached hydrogens (primary N) is 1. The van der Waals surface area contributed by atoms with Crippen molar-refractivity contribution in [3.05, 3.63) is 12.7 Å². The van der Waals surface area contributed by atoms with Crippen molar-refractivity contribution >= 4 is 5.97 Å². The second-order valence-corrected chi connectivity index (χ2v) is 2.58. The van der Waals surface area contributed by atoms with Crippen LogP contribution in [-0.2, 0) is 9.53 Å². The van der Waals surface area contributed by atoms with E-state index >= 15 is 0 Å². The third-order valence-corrected chi connectivity index (χ3v) is 1.53. The van der Waals surface area contributed by atoms with Gasteiger partial charge in [-0.1, -0.05) is 13.0 Å². The lowest BCUT2D eigenvalue weighted by Crippen LogP contribution is -2.32. The van der Waals surface area contributed by atoms with Gasteiger partial charge in [0.05, 0.1) is 7.11 Å². The first-order valence-corrected chi connectivity index (χ1v) is 3.57. The van der Waals surface area contributed by atoms with Gasteiger partial charge in [-0.2, -0.15) is 0 Å². The smallest absolute Gasteiger partial charge is 0.322 e. The molecule has 0 aromatic carbocycles. The third-order valence-electron chi connectivity index (χ3n) is 1.53. The molecule has 2 N–H and O–H groups in total. The van der Waals surface area contributed by atoms with Gasteiger partial charge in [-0.25, -0.2) is 0 Å². The van der Waals surface area contributed by atoms with Gasteiger partial charge >= 0.3 is 5.97 Å². The fraction of sp³-hybridized carbons (Fsp3) is 0.625. The molecule has 1 unspecified atom stereocenters. The molecule has 3 heteroatoms. The van der Waals surface area contributed by atoms with Crippen LogP contribution in [0.25, 0.3) is 0 Å². The molecule has 0 bridgehead atoms. The number of methoxy groups -OCH3 is 1. The summed E-state index contributed by atoms with van der Waals surface area (Å²) in [5, 5.41) is 0.